The van der Waals surface area contributed by atoms with Crippen molar-refractivity contribution in [2.24, 2.45) is 0 Å². The van der Waals surface area contributed by atoms with Crippen LogP contribution in [0.25, 0.3) is 12.2 Å². The Balaban J connectivity index is 1.52. The topological polar surface area (TPSA) is 72.9 Å². The van der Waals surface area contributed by atoms with E-state index in [1.165, 1.54) is 6.08 Å². The third-order valence-electron chi connectivity index (χ3n) is 5.27. The van der Waals surface area contributed by atoms with E-state index < -0.39 is 5.91 Å². The lowest BCUT2D eigenvalue weighted by Gasteiger charge is -2.37. The van der Waals surface area contributed by atoms with Gasteiger partial charge in [0.2, 0.25) is 0 Å². The summed E-state index contributed by atoms with van der Waals surface area (Å²) in [4.78, 5) is 28.3. The molecule has 2 aliphatic rings. The molecular weight excluding hydrogens is 366 g/mol. The van der Waals surface area contributed by atoms with Gasteiger partial charge in [-0.3, -0.25) is 19.7 Å². The first-order valence-corrected chi connectivity index (χ1v) is 9.81. The number of carbonyl (C=O) groups excluding carboxylic acids is 2. The van der Waals surface area contributed by atoms with Crippen LogP contribution < -0.4 is 5.48 Å². The maximum absolute atomic E-state index is 12.5. The first-order chi connectivity index (χ1) is 14.0. The molecule has 2 N–H and O–H groups in total. The molecule has 1 atom stereocenters. The van der Waals surface area contributed by atoms with Crippen LogP contribution in [0.5, 0.6) is 0 Å². The molecule has 1 aromatic carbocycles. The number of ketones is 1. The maximum Gasteiger partial charge on any atom is 0.267 e. The fourth-order valence-corrected chi connectivity index (χ4v) is 3.41. The highest BCUT2D eigenvalue weighted by atomic mass is 16.5. The summed E-state index contributed by atoms with van der Waals surface area (Å²) in [6.45, 7) is 4.31. The summed E-state index contributed by atoms with van der Waals surface area (Å²) in [6.07, 6.45) is 13.2. The van der Waals surface area contributed by atoms with Gasteiger partial charge in [0.1, 0.15) is 0 Å². The Labute approximate surface area is 171 Å². The van der Waals surface area contributed by atoms with Crippen LogP contribution in [0, 0.1) is 0 Å². The third kappa shape index (κ3) is 6.09. The van der Waals surface area contributed by atoms with Crippen LogP contribution in [0.4, 0.5) is 0 Å². The summed E-state index contributed by atoms with van der Waals surface area (Å²) in [5, 5.41) is 8.47. The van der Waals surface area contributed by atoms with Crippen molar-refractivity contribution in [1.29, 1.82) is 0 Å². The van der Waals surface area contributed by atoms with Gasteiger partial charge in [-0.25, -0.2) is 5.48 Å². The molecule has 1 aliphatic carbocycles. The highest BCUT2D eigenvalue weighted by Crippen LogP contribution is 2.18. The zero-order valence-electron chi connectivity index (χ0n) is 16.6. The van der Waals surface area contributed by atoms with Crippen molar-refractivity contribution >= 4 is 23.8 Å². The van der Waals surface area contributed by atoms with Crippen molar-refractivity contribution in [2.75, 3.05) is 33.2 Å². The van der Waals surface area contributed by atoms with Gasteiger partial charge >= 0.3 is 0 Å². The molecule has 6 heteroatoms. The fraction of sp³-hybridized carbons (Fsp3) is 0.304. The monoisotopic (exact) mass is 393 g/mol. The Morgan fingerprint density at radius 1 is 1.03 bits per heavy atom. The Morgan fingerprint density at radius 2 is 1.66 bits per heavy atom. The predicted molar refractivity (Wildman–Crippen MR) is 114 cm³/mol. The van der Waals surface area contributed by atoms with Gasteiger partial charge in [0, 0.05) is 43.9 Å². The summed E-state index contributed by atoms with van der Waals surface area (Å²) in [6, 6.07) is 7.80. The summed E-state index contributed by atoms with van der Waals surface area (Å²) in [7, 11) is 2.15. The van der Waals surface area contributed by atoms with Gasteiger partial charge in [0.05, 0.1) is 0 Å². The molecule has 1 aromatic rings. The minimum absolute atomic E-state index is 0.00154. The molecule has 6 nitrogen and oxygen atoms in total. The van der Waals surface area contributed by atoms with E-state index in [-0.39, 0.29) is 5.78 Å². The number of hydrogen-bond acceptors (Lipinski definition) is 5. The SMILES string of the molecule is CN1CCN(C2C=CC(C(=O)/C=C/c3ccc(/C=C/C(=O)NO)cc3)=CC2)CC1. The highest BCUT2D eigenvalue weighted by molar-refractivity contribution is 6.08. The molecule has 0 saturated carbocycles. The number of allylic oxidation sites excluding steroid dienone is 3. The molecule has 1 amide bonds. The molecule has 1 fully saturated rings. The molecule has 0 bridgehead atoms. The van der Waals surface area contributed by atoms with Gasteiger partial charge in [-0.2, -0.15) is 0 Å². The van der Waals surface area contributed by atoms with E-state index in [9.17, 15) is 9.59 Å². The number of carbonyl (C=O) groups is 2. The van der Waals surface area contributed by atoms with E-state index in [4.69, 9.17) is 5.21 Å². The van der Waals surface area contributed by atoms with Crippen LogP contribution in [0.1, 0.15) is 17.5 Å². The van der Waals surface area contributed by atoms with Crippen molar-refractivity contribution in [1.82, 2.24) is 15.3 Å². The van der Waals surface area contributed by atoms with Crippen LogP contribution in [-0.2, 0) is 9.59 Å². The molecule has 1 aliphatic heterocycles. The molecule has 0 aromatic heterocycles. The zero-order valence-corrected chi connectivity index (χ0v) is 16.6. The summed E-state index contributed by atoms with van der Waals surface area (Å²) in [5.41, 5.74) is 4.01. The largest absolute Gasteiger partial charge is 0.304 e. The lowest BCUT2D eigenvalue weighted by atomic mass is 9.98. The summed E-state index contributed by atoms with van der Waals surface area (Å²) < 4.78 is 0. The number of piperazine rings is 1. The van der Waals surface area contributed by atoms with E-state index in [0.29, 0.717) is 6.04 Å². The molecular formula is C23H27N3O3. The Morgan fingerprint density at radius 3 is 2.21 bits per heavy atom. The Kier molecular flexibility index (Phi) is 7.30. The van der Waals surface area contributed by atoms with Crippen molar-refractivity contribution in [3.8, 4) is 0 Å². The number of rotatable bonds is 6. The molecule has 152 valence electrons. The number of hydroxylamine groups is 1. The molecule has 1 saturated heterocycles. The van der Waals surface area contributed by atoms with Crippen LogP contribution in [0.2, 0.25) is 0 Å². The van der Waals surface area contributed by atoms with E-state index in [2.05, 4.69) is 22.9 Å². The summed E-state index contributed by atoms with van der Waals surface area (Å²) >= 11 is 0. The third-order valence-corrected chi connectivity index (χ3v) is 5.27. The standard InChI is InChI=1S/C23H27N3O3/c1-25-14-16-26(17-15-25)21-10-8-20(9-11-21)22(27)12-6-18-2-4-19(5-3-18)7-13-23(28)24-29/h2-10,12-13,21,29H,11,14-17H2,1H3,(H,24,28)/b12-6+,13-7+. The average molecular weight is 393 g/mol. The maximum atomic E-state index is 12.5. The number of hydrogen-bond donors (Lipinski definition) is 2. The van der Waals surface area contributed by atoms with E-state index >= 15 is 0 Å². The lowest BCUT2D eigenvalue weighted by molar-refractivity contribution is -0.124. The van der Waals surface area contributed by atoms with Crippen LogP contribution >= 0.6 is 0 Å². The minimum Gasteiger partial charge on any atom is -0.304 e. The molecule has 29 heavy (non-hydrogen) atoms. The average Bonchev–Trinajstić information content (AvgIpc) is 2.77. The van der Waals surface area contributed by atoms with Crippen molar-refractivity contribution in [3.05, 3.63) is 71.3 Å². The number of nitrogens with zero attached hydrogens (tertiary/aromatic N) is 2. The second-order valence-corrected chi connectivity index (χ2v) is 7.33. The van der Waals surface area contributed by atoms with Crippen LogP contribution in [0.3, 0.4) is 0 Å². The normalized spacial score (nSPS) is 20.9. The predicted octanol–water partition coefficient (Wildman–Crippen LogP) is 2.29. The van der Waals surface area contributed by atoms with Crippen molar-refractivity contribution in [2.45, 2.75) is 12.5 Å². The number of nitrogens with one attached hydrogen (secondary N) is 1. The van der Waals surface area contributed by atoms with E-state index in [1.54, 1.807) is 23.7 Å². The van der Waals surface area contributed by atoms with Crippen molar-refractivity contribution in [3.63, 3.8) is 0 Å². The minimum atomic E-state index is -0.580. The lowest BCUT2D eigenvalue weighted by Crippen LogP contribution is -2.48. The van der Waals surface area contributed by atoms with Crippen LogP contribution in [-0.4, -0.2) is 66.0 Å². The quantitative estimate of drug-likeness (QED) is 0.441. The first-order valence-electron chi connectivity index (χ1n) is 9.81. The zero-order chi connectivity index (χ0) is 20.6. The highest BCUT2D eigenvalue weighted by Gasteiger charge is 2.22. The summed E-state index contributed by atoms with van der Waals surface area (Å²) in [5.74, 6) is -0.579. The van der Waals surface area contributed by atoms with E-state index in [0.717, 1.165) is 49.3 Å². The smallest absolute Gasteiger partial charge is 0.267 e. The Bertz CT molecular complexity index is 845. The van der Waals surface area contributed by atoms with Gasteiger partial charge in [-0.05, 0) is 36.7 Å². The number of likely N-dealkylation sites (N-methyl/N-ethyl adjacent to an activating group) is 1. The van der Waals surface area contributed by atoms with Gasteiger partial charge in [0.25, 0.3) is 5.91 Å². The van der Waals surface area contributed by atoms with Crippen LogP contribution in [0.15, 0.2) is 60.2 Å². The molecule has 1 unspecified atom stereocenters. The molecule has 0 radical (unpaired) electrons. The van der Waals surface area contributed by atoms with Gasteiger partial charge < -0.3 is 4.90 Å². The second kappa shape index (κ2) is 10.1. The first kappa shape index (κ1) is 20.9. The Hall–Kier alpha value is -2.80. The van der Waals surface area contributed by atoms with Gasteiger partial charge in [-0.1, -0.05) is 48.6 Å². The molecule has 3 rings (SSSR count). The molecule has 1 heterocycles. The number of amides is 1. The van der Waals surface area contributed by atoms with Crippen molar-refractivity contribution < 1.29 is 14.8 Å². The second-order valence-electron chi connectivity index (χ2n) is 7.33. The number of benzene rings is 1. The van der Waals surface area contributed by atoms with Gasteiger partial charge in [0.15, 0.2) is 5.78 Å². The van der Waals surface area contributed by atoms with E-state index in [1.807, 2.05) is 36.4 Å². The fourth-order valence-electron chi connectivity index (χ4n) is 3.41. The molecule has 0 spiro atoms. The van der Waals surface area contributed by atoms with Gasteiger partial charge in [-0.15, -0.1) is 0 Å².